The van der Waals surface area contributed by atoms with Crippen LogP contribution in [-0.4, -0.2) is 56.0 Å². The summed E-state index contributed by atoms with van der Waals surface area (Å²) >= 11 is 1.66. The van der Waals surface area contributed by atoms with Gasteiger partial charge in [-0.2, -0.15) is 0 Å². The van der Waals surface area contributed by atoms with Crippen LogP contribution in [0.4, 0.5) is 5.13 Å². The lowest BCUT2D eigenvalue weighted by molar-refractivity contribution is 0.278. The normalized spacial score (nSPS) is 22.4. The Morgan fingerprint density at radius 2 is 2.10 bits per heavy atom. The Balaban J connectivity index is 2.04. The second-order valence-electron chi connectivity index (χ2n) is 6.11. The van der Waals surface area contributed by atoms with Crippen molar-refractivity contribution in [2.45, 2.75) is 31.6 Å². The van der Waals surface area contributed by atoms with Crippen LogP contribution in [0.15, 0.2) is 6.20 Å². The number of nitrogens with zero attached hydrogens (tertiary/aromatic N) is 3. The number of rotatable bonds is 3. The molecular weight excluding hydrogens is 294 g/mol. The van der Waals surface area contributed by atoms with E-state index in [-0.39, 0.29) is 5.75 Å². The Morgan fingerprint density at radius 1 is 1.40 bits per heavy atom. The second-order valence-corrected chi connectivity index (χ2v) is 9.94. The molecule has 1 fully saturated rings. The van der Waals surface area contributed by atoms with Crippen LogP contribution >= 0.6 is 11.3 Å². The fraction of sp³-hybridized carbons (Fsp3) is 0.769. The molecule has 0 atom stereocenters. The first-order chi connectivity index (χ1) is 9.21. The van der Waals surface area contributed by atoms with Crippen molar-refractivity contribution >= 4 is 26.3 Å². The minimum atomic E-state index is -2.99. The van der Waals surface area contributed by atoms with E-state index in [1.807, 2.05) is 39.0 Å². The number of aromatic nitrogens is 1. The van der Waals surface area contributed by atoms with Crippen LogP contribution in [0.2, 0.25) is 0 Å². The predicted molar refractivity (Wildman–Crippen MR) is 84.2 cm³/mol. The third kappa shape index (κ3) is 3.32. The van der Waals surface area contributed by atoms with Crippen molar-refractivity contribution in [3.8, 4) is 0 Å². The molecule has 0 amide bonds. The molecule has 0 aliphatic carbocycles. The van der Waals surface area contributed by atoms with Gasteiger partial charge < -0.3 is 4.90 Å². The van der Waals surface area contributed by atoms with E-state index in [4.69, 9.17) is 0 Å². The Labute approximate surface area is 125 Å². The minimum absolute atomic E-state index is 0.249. The van der Waals surface area contributed by atoms with E-state index in [2.05, 4.69) is 9.88 Å². The molecule has 2 rings (SSSR count). The zero-order valence-electron chi connectivity index (χ0n) is 12.6. The summed E-state index contributed by atoms with van der Waals surface area (Å²) < 4.78 is 23.7. The van der Waals surface area contributed by atoms with Crippen molar-refractivity contribution in [1.29, 1.82) is 0 Å². The highest BCUT2D eigenvalue weighted by Crippen LogP contribution is 2.27. The van der Waals surface area contributed by atoms with E-state index < -0.39 is 14.6 Å². The van der Waals surface area contributed by atoms with Crippen LogP contribution in [-0.2, 0) is 16.4 Å². The van der Waals surface area contributed by atoms with Crippen molar-refractivity contribution < 1.29 is 8.42 Å². The van der Waals surface area contributed by atoms with E-state index in [1.165, 1.54) is 4.88 Å². The maximum absolute atomic E-state index is 12.2. The van der Waals surface area contributed by atoms with Gasteiger partial charge in [0.2, 0.25) is 0 Å². The highest BCUT2D eigenvalue weighted by atomic mass is 32.2. The minimum Gasteiger partial charge on any atom is -0.354 e. The summed E-state index contributed by atoms with van der Waals surface area (Å²) in [5.74, 6) is 0.249. The fourth-order valence-electron chi connectivity index (χ4n) is 2.18. The Morgan fingerprint density at radius 3 is 2.70 bits per heavy atom. The summed E-state index contributed by atoms with van der Waals surface area (Å²) in [5.41, 5.74) is 0. The Bertz CT molecular complexity index is 564. The molecule has 0 bridgehead atoms. The molecule has 0 unspecified atom stereocenters. The maximum Gasteiger partial charge on any atom is 0.185 e. The molecule has 1 saturated heterocycles. The van der Waals surface area contributed by atoms with Gasteiger partial charge in [0.15, 0.2) is 15.0 Å². The SMILES string of the molecule is CN(C)c1ncc(CN2CCC(C)(C)S(=O)(=O)CC2)s1. The lowest BCUT2D eigenvalue weighted by Crippen LogP contribution is -2.33. The monoisotopic (exact) mass is 317 g/mol. The van der Waals surface area contributed by atoms with Crippen molar-refractivity contribution in [3.63, 3.8) is 0 Å². The van der Waals surface area contributed by atoms with Crippen molar-refractivity contribution in [2.24, 2.45) is 0 Å². The molecule has 0 N–H and O–H groups in total. The molecule has 7 heteroatoms. The third-order valence-corrected chi connectivity index (χ3v) is 7.61. The molecule has 0 spiro atoms. The van der Waals surface area contributed by atoms with Crippen molar-refractivity contribution in [1.82, 2.24) is 9.88 Å². The summed E-state index contributed by atoms with van der Waals surface area (Å²) in [6, 6.07) is 0. The van der Waals surface area contributed by atoms with E-state index >= 15 is 0 Å². The summed E-state index contributed by atoms with van der Waals surface area (Å²) in [4.78, 5) is 9.76. The van der Waals surface area contributed by atoms with Gasteiger partial charge in [-0.3, -0.25) is 4.90 Å². The first kappa shape index (κ1) is 15.7. The molecule has 1 aliphatic heterocycles. The summed E-state index contributed by atoms with van der Waals surface area (Å²) in [7, 11) is 0.959. The molecule has 114 valence electrons. The zero-order chi connectivity index (χ0) is 15.0. The van der Waals surface area contributed by atoms with Crippen molar-refractivity contribution in [3.05, 3.63) is 11.1 Å². The van der Waals surface area contributed by atoms with Gasteiger partial charge in [0.1, 0.15) is 0 Å². The van der Waals surface area contributed by atoms with Gasteiger partial charge >= 0.3 is 0 Å². The number of thiazole rings is 1. The molecule has 2 heterocycles. The average molecular weight is 317 g/mol. The van der Waals surface area contributed by atoms with Gasteiger partial charge in [-0.15, -0.1) is 11.3 Å². The molecule has 0 saturated carbocycles. The highest BCUT2D eigenvalue weighted by Gasteiger charge is 2.36. The zero-order valence-corrected chi connectivity index (χ0v) is 14.2. The van der Waals surface area contributed by atoms with Gasteiger partial charge in [-0.25, -0.2) is 13.4 Å². The summed E-state index contributed by atoms with van der Waals surface area (Å²) in [6.45, 7) is 5.89. The Hall–Kier alpha value is -0.660. The smallest absolute Gasteiger partial charge is 0.185 e. The first-order valence-corrected chi connectivity index (χ1v) is 9.25. The average Bonchev–Trinajstić information content (AvgIpc) is 2.77. The lowest BCUT2D eigenvalue weighted by atomic mass is 10.1. The number of hydrogen-bond donors (Lipinski definition) is 0. The highest BCUT2D eigenvalue weighted by molar-refractivity contribution is 7.92. The number of sulfone groups is 1. The molecule has 5 nitrogen and oxygen atoms in total. The quantitative estimate of drug-likeness (QED) is 0.848. The van der Waals surface area contributed by atoms with Gasteiger partial charge in [-0.1, -0.05) is 0 Å². The third-order valence-electron chi connectivity index (χ3n) is 3.85. The van der Waals surface area contributed by atoms with Crippen LogP contribution in [0, 0.1) is 0 Å². The van der Waals surface area contributed by atoms with Crippen LogP contribution in [0.5, 0.6) is 0 Å². The largest absolute Gasteiger partial charge is 0.354 e. The standard InChI is InChI=1S/C13H23N3O2S2/c1-13(2)5-6-16(7-8-20(13,17)18)10-11-9-14-12(19-11)15(3)4/h9H,5-8,10H2,1-4H3. The van der Waals surface area contributed by atoms with Gasteiger partial charge in [-0.05, 0) is 20.3 Å². The molecular formula is C13H23N3O2S2. The second kappa shape index (κ2) is 5.61. The molecule has 1 aromatic rings. The fourth-order valence-corrected chi connectivity index (χ4v) is 4.50. The van der Waals surface area contributed by atoms with Gasteiger partial charge in [0, 0.05) is 44.8 Å². The maximum atomic E-state index is 12.2. The predicted octanol–water partition coefficient (Wildman–Crippen LogP) is 1.61. The van der Waals surface area contributed by atoms with Gasteiger partial charge in [0.25, 0.3) is 0 Å². The molecule has 1 aliphatic rings. The lowest BCUT2D eigenvalue weighted by Gasteiger charge is -2.22. The van der Waals surface area contributed by atoms with E-state index in [0.29, 0.717) is 13.0 Å². The summed E-state index contributed by atoms with van der Waals surface area (Å²) in [6.07, 6.45) is 2.58. The van der Waals surface area contributed by atoms with E-state index in [0.717, 1.165) is 18.2 Å². The molecule has 0 radical (unpaired) electrons. The van der Waals surface area contributed by atoms with Crippen LogP contribution < -0.4 is 4.90 Å². The molecule has 1 aromatic heterocycles. The molecule has 0 aromatic carbocycles. The van der Waals surface area contributed by atoms with E-state index in [9.17, 15) is 8.42 Å². The topological polar surface area (TPSA) is 53.5 Å². The number of anilines is 1. The van der Waals surface area contributed by atoms with Crippen LogP contribution in [0.25, 0.3) is 0 Å². The van der Waals surface area contributed by atoms with Crippen LogP contribution in [0.1, 0.15) is 25.1 Å². The van der Waals surface area contributed by atoms with Gasteiger partial charge in [0.05, 0.1) is 10.5 Å². The van der Waals surface area contributed by atoms with Crippen molar-refractivity contribution in [2.75, 3.05) is 37.8 Å². The van der Waals surface area contributed by atoms with E-state index in [1.54, 1.807) is 11.3 Å². The molecule has 20 heavy (non-hydrogen) atoms. The Kier molecular flexibility index (Phi) is 4.41. The summed E-state index contributed by atoms with van der Waals surface area (Å²) in [5, 5.41) is 0.989. The number of hydrogen-bond acceptors (Lipinski definition) is 6. The van der Waals surface area contributed by atoms with Crippen LogP contribution in [0.3, 0.4) is 0 Å². The first-order valence-electron chi connectivity index (χ1n) is 6.78.